The number of nitrogens with zero attached hydrogens (tertiary/aromatic N) is 2. The lowest BCUT2D eigenvalue weighted by atomic mass is 10.1. The highest BCUT2D eigenvalue weighted by atomic mass is 79.9. The van der Waals surface area contributed by atoms with E-state index < -0.39 is 0 Å². The zero-order chi connectivity index (χ0) is 12.8. The van der Waals surface area contributed by atoms with Crippen molar-refractivity contribution in [3.8, 4) is 0 Å². The van der Waals surface area contributed by atoms with Crippen LogP contribution in [0.2, 0.25) is 0 Å². The number of anilines is 1. The molecule has 96 valence electrons. The van der Waals surface area contributed by atoms with Crippen LogP contribution in [0.1, 0.15) is 32.3 Å². The summed E-state index contributed by atoms with van der Waals surface area (Å²) in [7, 11) is 0. The molecule has 1 N–H and O–H groups in total. The van der Waals surface area contributed by atoms with E-state index in [1.165, 1.54) is 5.56 Å². The first-order valence-electron chi connectivity index (χ1n) is 6.13. The normalized spacial score (nSPS) is 10.9. The van der Waals surface area contributed by atoms with Crippen LogP contribution in [0, 0.1) is 6.92 Å². The van der Waals surface area contributed by atoms with E-state index in [-0.39, 0.29) is 6.61 Å². The molecule has 0 radical (unpaired) electrons. The minimum absolute atomic E-state index is 0.160. The van der Waals surface area contributed by atoms with E-state index in [2.05, 4.69) is 52.7 Å². The number of pyridine rings is 1. The molecule has 0 aromatic carbocycles. The minimum Gasteiger partial charge on any atom is -0.395 e. The average molecular weight is 301 g/mol. The lowest BCUT2D eigenvalue weighted by Crippen LogP contribution is -2.37. The molecule has 0 spiro atoms. The summed E-state index contributed by atoms with van der Waals surface area (Å²) < 4.78 is 1.02. The number of aromatic nitrogens is 1. The van der Waals surface area contributed by atoms with Crippen molar-refractivity contribution < 1.29 is 5.11 Å². The zero-order valence-corrected chi connectivity index (χ0v) is 12.4. The summed E-state index contributed by atoms with van der Waals surface area (Å²) in [6, 6.07) is 2.51. The van der Waals surface area contributed by atoms with Crippen LogP contribution < -0.4 is 4.90 Å². The van der Waals surface area contributed by atoms with Crippen LogP contribution in [0.25, 0.3) is 0 Å². The van der Waals surface area contributed by atoms with Gasteiger partial charge in [0.1, 0.15) is 5.82 Å². The van der Waals surface area contributed by atoms with Crippen molar-refractivity contribution in [3.63, 3.8) is 0 Å². The minimum atomic E-state index is 0.160. The fourth-order valence-electron chi connectivity index (χ4n) is 2.00. The highest BCUT2D eigenvalue weighted by molar-refractivity contribution is 9.10. The third kappa shape index (κ3) is 3.68. The molecular weight excluding hydrogens is 280 g/mol. The van der Waals surface area contributed by atoms with E-state index >= 15 is 0 Å². The topological polar surface area (TPSA) is 36.4 Å². The van der Waals surface area contributed by atoms with Gasteiger partial charge in [0.2, 0.25) is 0 Å². The molecule has 0 fully saturated rings. The van der Waals surface area contributed by atoms with Gasteiger partial charge in [0, 0.05) is 23.3 Å². The summed E-state index contributed by atoms with van der Waals surface area (Å²) in [4.78, 5) is 6.64. The maximum Gasteiger partial charge on any atom is 0.129 e. The van der Waals surface area contributed by atoms with Crippen molar-refractivity contribution in [1.29, 1.82) is 0 Å². The Hall–Kier alpha value is -0.610. The molecule has 1 aromatic rings. The van der Waals surface area contributed by atoms with Gasteiger partial charge in [0.05, 0.1) is 6.61 Å². The van der Waals surface area contributed by atoms with E-state index in [9.17, 15) is 5.11 Å². The Kier molecular flexibility index (Phi) is 5.92. The zero-order valence-electron chi connectivity index (χ0n) is 10.8. The number of halogens is 1. The van der Waals surface area contributed by atoms with Crippen molar-refractivity contribution in [3.05, 3.63) is 22.3 Å². The first-order valence-corrected chi connectivity index (χ1v) is 6.92. The molecule has 0 atom stereocenters. The van der Waals surface area contributed by atoms with Crippen molar-refractivity contribution in [2.45, 2.75) is 39.7 Å². The maximum atomic E-state index is 9.18. The average Bonchev–Trinajstić information content (AvgIpc) is 2.33. The Morgan fingerprint density at radius 1 is 1.41 bits per heavy atom. The first kappa shape index (κ1) is 14.5. The highest BCUT2D eigenvalue weighted by Gasteiger charge is 2.16. The molecule has 0 bridgehead atoms. The van der Waals surface area contributed by atoms with Gasteiger partial charge >= 0.3 is 0 Å². The Balaban J connectivity index is 2.99. The number of rotatable bonds is 6. The predicted octanol–water partition coefficient (Wildman–Crippen LogP) is 3.14. The third-order valence-electron chi connectivity index (χ3n) is 3.05. The molecule has 4 heteroatoms. The summed E-state index contributed by atoms with van der Waals surface area (Å²) in [6.45, 7) is 7.20. The fourth-order valence-corrected chi connectivity index (χ4v) is 2.22. The molecule has 0 saturated heterocycles. The second-order valence-corrected chi connectivity index (χ2v) is 5.03. The van der Waals surface area contributed by atoms with Gasteiger partial charge in [-0.25, -0.2) is 4.98 Å². The second kappa shape index (κ2) is 6.97. The molecule has 0 unspecified atom stereocenters. The summed E-state index contributed by atoms with van der Waals surface area (Å²) in [5.74, 6) is 0.952. The molecule has 0 saturated carbocycles. The number of aliphatic hydroxyl groups excluding tert-OH is 1. The smallest absolute Gasteiger partial charge is 0.129 e. The van der Waals surface area contributed by atoms with Crippen molar-refractivity contribution in [2.24, 2.45) is 0 Å². The molecular formula is C13H21BrN2O. The van der Waals surface area contributed by atoms with Gasteiger partial charge in [-0.3, -0.25) is 0 Å². The van der Waals surface area contributed by atoms with E-state index in [4.69, 9.17) is 0 Å². The number of aliphatic hydroxyl groups is 1. The van der Waals surface area contributed by atoms with Crippen LogP contribution in [0.3, 0.4) is 0 Å². The maximum absolute atomic E-state index is 9.18. The summed E-state index contributed by atoms with van der Waals surface area (Å²) in [6.07, 6.45) is 3.96. The van der Waals surface area contributed by atoms with Gasteiger partial charge in [0.25, 0.3) is 0 Å². The van der Waals surface area contributed by atoms with E-state index in [0.29, 0.717) is 12.6 Å². The summed E-state index contributed by atoms with van der Waals surface area (Å²) >= 11 is 3.46. The monoisotopic (exact) mass is 300 g/mol. The molecule has 3 nitrogen and oxygen atoms in total. The Morgan fingerprint density at radius 2 is 2.06 bits per heavy atom. The Bertz CT molecular complexity index is 353. The predicted molar refractivity (Wildman–Crippen MR) is 75.5 cm³/mol. The molecule has 0 aliphatic rings. The van der Waals surface area contributed by atoms with Gasteiger partial charge in [-0.1, -0.05) is 13.8 Å². The lowest BCUT2D eigenvalue weighted by Gasteiger charge is -2.31. The van der Waals surface area contributed by atoms with Gasteiger partial charge in [-0.15, -0.1) is 0 Å². The fraction of sp³-hybridized carbons (Fsp3) is 0.615. The van der Waals surface area contributed by atoms with Crippen LogP contribution in [0.5, 0.6) is 0 Å². The molecule has 17 heavy (non-hydrogen) atoms. The first-order chi connectivity index (χ1) is 8.13. The number of aryl methyl sites for hydroxylation is 1. The van der Waals surface area contributed by atoms with E-state index in [0.717, 1.165) is 23.1 Å². The van der Waals surface area contributed by atoms with Gasteiger partial charge in [-0.05, 0) is 47.3 Å². The lowest BCUT2D eigenvalue weighted by molar-refractivity contribution is 0.295. The van der Waals surface area contributed by atoms with Crippen molar-refractivity contribution >= 4 is 21.7 Å². The Labute approximate surface area is 112 Å². The summed E-state index contributed by atoms with van der Waals surface area (Å²) in [5.41, 5.74) is 1.17. The molecule has 0 aliphatic carbocycles. The molecule has 0 aliphatic heterocycles. The van der Waals surface area contributed by atoms with Gasteiger partial charge < -0.3 is 10.0 Å². The van der Waals surface area contributed by atoms with Crippen LogP contribution in [-0.2, 0) is 0 Å². The molecule has 0 amide bonds. The number of hydrogen-bond donors (Lipinski definition) is 1. The van der Waals surface area contributed by atoms with E-state index in [1.54, 1.807) is 0 Å². The second-order valence-electron chi connectivity index (χ2n) is 4.18. The van der Waals surface area contributed by atoms with Gasteiger partial charge in [-0.2, -0.15) is 0 Å². The quantitative estimate of drug-likeness (QED) is 0.877. The van der Waals surface area contributed by atoms with Crippen LogP contribution in [0.4, 0.5) is 5.82 Å². The van der Waals surface area contributed by atoms with Crippen LogP contribution >= 0.6 is 15.9 Å². The highest BCUT2D eigenvalue weighted by Crippen LogP contribution is 2.23. The standard InChI is InChI=1S/C13H21BrN2O/c1-4-11(5-2)16(6-7-17)13-8-10(3)12(14)9-15-13/h8-9,11,17H,4-7H2,1-3H3. The Morgan fingerprint density at radius 3 is 2.53 bits per heavy atom. The third-order valence-corrected chi connectivity index (χ3v) is 3.88. The van der Waals surface area contributed by atoms with Gasteiger partial charge in [0.15, 0.2) is 0 Å². The largest absolute Gasteiger partial charge is 0.395 e. The molecule has 1 aromatic heterocycles. The van der Waals surface area contributed by atoms with E-state index in [1.807, 2.05) is 6.20 Å². The van der Waals surface area contributed by atoms with Crippen molar-refractivity contribution in [2.75, 3.05) is 18.1 Å². The SMILES string of the molecule is CCC(CC)N(CCO)c1cc(C)c(Br)cn1. The molecule has 1 heterocycles. The van der Waals surface area contributed by atoms with Crippen LogP contribution in [0.15, 0.2) is 16.7 Å². The number of hydrogen-bond acceptors (Lipinski definition) is 3. The summed E-state index contributed by atoms with van der Waals surface area (Å²) in [5, 5.41) is 9.18. The van der Waals surface area contributed by atoms with Crippen molar-refractivity contribution in [1.82, 2.24) is 4.98 Å². The van der Waals surface area contributed by atoms with Crippen LogP contribution in [-0.4, -0.2) is 29.3 Å². The molecule has 1 rings (SSSR count).